The van der Waals surface area contributed by atoms with Crippen LogP contribution in [-0.4, -0.2) is 49.7 Å². The smallest absolute Gasteiger partial charge is 0.190 e. The van der Waals surface area contributed by atoms with Gasteiger partial charge in [0.15, 0.2) is 28.7 Å². The molecule has 8 heteroatoms. The molecule has 6 atom stereocenters. The van der Waals surface area contributed by atoms with Crippen LogP contribution in [0, 0.1) is 35.0 Å². The minimum Gasteiger partial charge on any atom is -0.507 e. The van der Waals surface area contributed by atoms with Crippen LogP contribution >= 0.6 is 0 Å². The molecule has 3 aliphatic rings. The number of pyridine rings is 1. The number of aromatic nitrogens is 1. The number of aliphatic hydroxyl groups is 1. The number of ketones is 5. The lowest BCUT2D eigenvalue weighted by Gasteiger charge is -2.56. The van der Waals surface area contributed by atoms with E-state index in [4.69, 9.17) is 0 Å². The van der Waals surface area contributed by atoms with Crippen molar-refractivity contribution in [2.24, 2.45) is 35.0 Å². The molecule has 5 rings (SSSR count). The summed E-state index contributed by atoms with van der Waals surface area (Å²) in [4.78, 5) is 72.0. The van der Waals surface area contributed by atoms with Gasteiger partial charge in [-0.2, -0.15) is 0 Å². The Kier molecular flexibility index (Phi) is 6.25. The molecule has 0 aliphatic heterocycles. The number of Topliss-reactive ketones (excluding diaryl/α,β-unsaturated/α-hetero) is 5. The third kappa shape index (κ3) is 3.68. The molecule has 2 saturated carbocycles. The molecule has 1 aromatic carbocycles. The molecule has 2 N–H and O–H groups in total. The minimum absolute atomic E-state index is 0.0167. The standard InChI is InChI=1S/C31H33NO7/c1-6-16-9-10-32-20(11-16)17-7-8-21(34)24-18(17)12-30(5)13-19-22(14(2)3)26(35)23(15(4)33)28(37)31(19,39)29(38)25(30)27(24)36/h7-11,14,19,22-23,25,34,39H,6,12-13H2,1-5H3/t19-,22?,23?,25?,30-,31+/m1/s1. The molecule has 0 spiro atoms. The molecular weight excluding hydrogens is 498 g/mol. The third-order valence-electron chi connectivity index (χ3n) is 9.26. The Balaban J connectivity index is 1.70. The fourth-order valence-corrected chi connectivity index (χ4v) is 7.43. The van der Waals surface area contributed by atoms with Crippen molar-refractivity contribution in [2.75, 3.05) is 0 Å². The van der Waals surface area contributed by atoms with E-state index in [1.807, 2.05) is 19.1 Å². The highest BCUT2D eigenvalue weighted by Gasteiger charge is 2.71. The molecule has 2 aromatic rings. The van der Waals surface area contributed by atoms with Gasteiger partial charge in [0.25, 0.3) is 0 Å². The van der Waals surface area contributed by atoms with E-state index >= 15 is 0 Å². The summed E-state index contributed by atoms with van der Waals surface area (Å²) < 4.78 is 0. The van der Waals surface area contributed by atoms with Gasteiger partial charge in [0.1, 0.15) is 17.5 Å². The summed E-state index contributed by atoms with van der Waals surface area (Å²) in [5, 5.41) is 22.6. The zero-order valence-corrected chi connectivity index (χ0v) is 22.8. The van der Waals surface area contributed by atoms with Gasteiger partial charge in [0.2, 0.25) is 0 Å². The van der Waals surface area contributed by atoms with Crippen LogP contribution in [0.15, 0.2) is 30.5 Å². The maximum atomic E-state index is 14.1. The van der Waals surface area contributed by atoms with E-state index < -0.39 is 63.6 Å². The lowest BCUT2D eigenvalue weighted by atomic mass is 9.45. The molecule has 2 fully saturated rings. The molecule has 0 amide bonds. The van der Waals surface area contributed by atoms with Gasteiger partial charge in [-0.05, 0) is 72.9 Å². The van der Waals surface area contributed by atoms with Crippen LogP contribution in [0.1, 0.15) is 62.5 Å². The average Bonchev–Trinajstić information content (AvgIpc) is 2.86. The number of rotatable bonds is 4. The molecule has 39 heavy (non-hydrogen) atoms. The van der Waals surface area contributed by atoms with Crippen molar-refractivity contribution in [2.45, 2.75) is 59.5 Å². The summed E-state index contributed by atoms with van der Waals surface area (Å²) in [7, 11) is 0. The van der Waals surface area contributed by atoms with Gasteiger partial charge < -0.3 is 10.2 Å². The maximum absolute atomic E-state index is 14.1. The number of carbonyl (C=O) groups is 5. The number of benzene rings is 1. The highest BCUT2D eigenvalue weighted by molar-refractivity contribution is 6.32. The number of nitrogens with zero attached hydrogens (tertiary/aromatic N) is 1. The Morgan fingerprint density at radius 3 is 2.44 bits per heavy atom. The highest BCUT2D eigenvalue weighted by atomic mass is 16.3. The SMILES string of the molecule is CCc1ccnc(-c2ccc(O)c3c2C[C@]2(C)C[C@@H]4C(C(C)C)C(=O)C(C(C)=O)C(=O)[C@]4(O)C(=O)C2C3=O)c1. The number of aryl methyl sites for hydroxylation is 1. The first-order valence-corrected chi connectivity index (χ1v) is 13.5. The van der Waals surface area contributed by atoms with Crippen molar-refractivity contribution in [1.82, 2.24) is 4.98 Å². The molecule has 8 nitrogen and oxygen atoms in total. The van der Waals surface area contributed by atoms with Crippen LogP contribution in [0.25, 0.3) is 11.3 Å². The lowest BCUT2D eigenvalue weighted by Crippen LogP contribution is -2.72. The monoisotopic (exact) mass is 531 g/mol. The summed E-state index contributed by atoms with van der Waals surface area (Å²) in [5.41, 5.74) is -0.810. The predicted octanol–water partition coefficient (Wildman–Crippen LogP) is 3.33. The number of aromatic hydroxyl groups is 1. The Morgan fingerprint density at radius 1 is 1.13 bits per heavy atom. The molecule has 204 valence electrons. The molecule has 1 heterocycles. The third-order valence-corrected chi connectivity index (χ3v) is 9.26. The van der Waals surface area contributed by atoms with E-state index in [-0.39, 0.29) is 30.1 Å². The van der Waals surface area contributed by atoms with Crippen molar-refractivity contribution in [3.8, 4) is 17.0 Å². The van der Waals surface area contributed by atoms with Gasteiger partial charge in [-0.3, -0.25) is 29.0 Å². The first-order valence-electron chi connectivity index (χ1n) is 13.5. The highest BCUT2D eigenvalue weighted by Crippen LogP contribution is 2.58. The average molecular weight is 532 g/mol. The van der Waals surface area contributed by atoms with Crippen LogP contribution in [-0.2, 0) is 32.0 Å². The van der Waals surface area contributed by atoms with E-state index in [1.54, 1.807) is 33.0 Å². The molecule has 3 unspecified atom stereocenters. The first kappa shape index (κ1) is 27.1. The molecule has 0 bridgehead atoms. The summed E-state index contributed by atoms with van der Waals surface area (Å²) >= 11 is 0. The summed E-state index contributed by atoms with van der Waals surface area (Å²) in [6.45, 7) is 8.41. The number of hydrogen-bond donors (Lipinski definition) is 2. The first-order chi connectivity index (χ1) is 18.3. The number of carbonyl (C=O) groups excluding carboxylic acids is 5. The van der Waals surface area contributed by atoms with E-state index in [0.717, 1.165) is 18.9 Å². The van der Waals surface area contributed by atoms with E-state index in [0.29, 0.717) is 16.8 Å². The number of phenols is 1. The van der Waals surface area contributed by atoms with Crippen LogP contribution in [0.2, 0.25) is 0 Å². The number of fused-ring (bicyclic) bond motifs is 3. The maximum Gasteiger partial charge on any atom is 0.190 e. The van der Waals surface area contributed by atoms with Crippen LogP contribution in [0.4, 0.5) is 0 Å². The zero-order valence-electron chi connectivity index (χ0n) is 22.8. The Labute approximate surface area is 226 Å². The van der Waals surface area contributed by atoms with Crippen molar-refractivity contribution in [1.29, 1.82) is 0 Å². The van der Waals surface area contributed by atoms with Gasteiger partial charge in [-0.1, -0.05) is 27.7 Å². The fraction of sp³-hybridized carbons (Fsp3) is 0.484. The molecule has 1 aromatic heterocycles. The van der Waals surface area contributed by atoms with Crippen molar-refractivity contribution in [3.63, 3.8) is 0 Å². The van der Waals surface area contributed by atoms with E-state index in [1.165, 1.54) is 6.07 Å². The van der Waals surface area contributed by atoms with Gasteiger partial charge in [-0.25, -0.2) is 0 Å². The Bertz CT molecular complexity index is 1460. The Hall–Kier alpha value is -3.52. The fourth-order valence-electron chi connectivity index (χ4n) is 7.43. The van der Waals surface area contributed by atoms with Gasteiger partial charge in [0, 0.05) is 23.6 Å². The van der Waals surface area contributed by atoms with E-state index in [9.17, 15) is 34.2 Å². The van der Waals surface area contributed by atoms with Gasteiger partial charge in [-0.15, -0.1) is 0 Å². The lowest BCUT2D eigenvalue weighted by molar-refractivity contribution is -0.186. The summed E-state index contributed by atoms with van der Waals surface area (Å²) in [5.74, 6) is -9.88. The summed E-state index contributed by atoms with van der Waals surface area (Å²) in [6, 6.07) is 6.92. The number of hydrogen-bond acceptors (Lipinski definition) is 8. The van der Waals surface area contributed by atoms with Crippen LogP contribution < -0.4 is 0 Å². The number of phenolic OH excluding ortho intramolecular Hbond substituents is 1. The summed E-state index contributed by atoms with van der Waals surface area (Å²) in [6.07, 6.45) is 2.71. The van der Waals surface area contributed by atoms with Crippen molar-refractivity contribution in [3.05, 3.63) is 47.2 Å². The predicted molar refractivity (Wildman–Crippen MR) is 141 cm³/mol. The topological polar surface area (TPSA) is 139 Å². The Morgan fingerprint density at radius 2 is 1.82 bits per heavy atom. The van der Waals surface area contributed by atoms with Gasteiger partial charge in [0.05, 0.1) is 17.2 Å². The molecule has 0 radical (unpaired) electrons. The van der Waals surface area contributed by atoms with Crippen LogP contribution in [0.3, 0.4) is 0 Å². The molecular formula is C31H33NO7. The quantitative estimate of drug-likeness (QED) is 0.573. The second kappa shape index (κ2) is 9.01. The second-order valence-corrected chi connectivity index (χ2v) is 12.0. The van der Waals surface area contributed by atoms with E-state index in [2.05, 4.69) is 4.98 Å². The largest absolute Gasteiger partial charge is 0.507 e. The normalized spacial score (nSPS) is 32.1. The van der Waals surface area contributed by atoms with Crippen molar-refractivity contribution >= 4 is 28.9 Å². The molecule has 0 saturated heterocycles. The minimum atomic E-state index is -2.64. The van der Waals surface area contributed by atoms with Gasteiger partial charge >= 0.3 is 0 Å². The van der Waals surface area contributed by atoms with Crippen molar-refractivity contribution < 1.29 is 34.2 Å². The second-order valence-electron chi connectivity index (χ2n) is 12.0. The van der Waals surface area contributed by atoms with Crippen LogP contribution in [0.5, 0.6) is 5.75 Å². The zero-order chi connectivity index (χ0) is 28.6. The molecule has 3 aliphatic carbocycles.